The predicted molar refractivity (Wildman–Crippen MR) is 111 cm³/mol. The van der Waals surface area contributed by atoms with E-state index in [1.807, 2.05) is 20.8 Å². The highest BCUT2D eigenvalue weighted by Gasteiger charge is 2.21. The van der Waals surface area contributed by atoms with Gasteiger partial charge in [0.25, 0.3) is 15.9 Å². The summed E-state index contributed by atoms with van der Waals surface area (Å²) in [6.45, 7) is 5.88. The van der Waals surface area contributed by atoms with Crippen LogP contribution in [0, 0.1) is 6.92 Å². The Labute approximate surface area is 167 Å². The van der Waals surface area contributed by atoms with Crippen LogP contribution in [0.2, 0.25) is 0 Å². The van der Waals surface area contributed by atoms with Crippen molar-refractivity contribution in [3.05, 3.63) is 54.1 Å². The SMILES string of the molecule is CCC(CC)NC(=O)COc1ccc(N(C)S(=O)(=O)c2ccc(C)cc2)cc1. The van der Waals surface area contributed by atoms with Crippen LogP contribution in [0.5, 0.6) is 5.75 Å². The van der Waals surface area contributed by atoms with Crippen molar-refractivity contribution in [3.63, 3.8) is 0 Å². The minimum atomic E-state index is -3.64. The Morgan fingerprint density at radius 2 is 1.61 bits per heavy atom. The molecular formula is C21H28N2O4S. The molecule has 2 aromatic carbocycles. The van der Waals surface area contributed by atoms with Gasteiger partial charge in [0.15, 0.2) is 6.61 Å². The molecule has 0 spiro atoms. The monoisotopic (exact) mass is 404 g/mol. The van der Waals surface area contributed by atoms with E-state index >= 15 is 0 Å². The van der Waals surface area contributed by atoms with Crippen LogP contribution in [-0.2, 0) is 14.8 Å². The van der Waals surface area contributed by atoms with Gasteiger partial charge in [-0.25, -0.2) is 8.42 Å². The quantitative estimate of drug-likeness (QED) is 0.694. The van der Waals surface area contributed by atoms with Gasteiger partial charge in [-0.3, -0.25) is 9.10 Å². The smallest absolute Gasteiger partial charge is 0.264 e. The summed E-state index contributed by atoms with van der Waals surface area (Å²) in [7, 11) is -2.13. The molecule has 1 amide bonds. The Morgan fingerprint density at radius 1 is 1.04 bits per heavy atom. The van der Waals surface area contributed by atoms with E-state index in [2.05, 4.69) is 5.32 Å². The molecule has 0 radical (unpaired) electrons. The number of amides is 1. The fourth-order valence-corrected chi connectivity index (χ4v) is 3.87. The Hall–Kier alpha value is -2.54. The normalized spacial score (nSPS) is 11.3. The Morgan fingerprint density at radius 3 is 2.14 bits per heavy atom. The summed E-state index contributed by atoms with van der Waals surface area (Å²) in [5.74, 6) is 0.335. The summed E-state index contributed by atoms with van der Waals surface area (Å²) < 4.78 is 32.2. The van der Waals surface area contributed by atoms with Gasteiger partial charge in [-0.1, -0.05) is 31.5 Å². The first-order chi connectivity index (χ1) is 13.3. The van der Waals surface area contributed by atoms with E-state index in [4.69, 9.17) is 4.74 Å². The number of carbonyl (C=O) groups is 1. The van der Waals surface area contributed by atoms with Gasteiger partial charge in [0.1, 0.15) is 5.75 Å². The minimum absolute atomic E-state index is 0.0760. The molecule has 6 nitrogen and oxygen atoms in total. The number of benzene rings is 2. The number of ether oxygens (including phenoxy) is 1. The number of carbonyl (C=O) groups excluding carboxylic acids is 1. The molecule has 1 N–H and O–H groups in total. The second kappa shape index (κ2) is 9.59. The largest absolute Gasteiger partial charge is 0.484 e. The van der Waals surface area contributed by atoms with Gasteiger partial charge in [-0.15, -0.1) is 0 Å². The van der Waals surface area contributed by atoms with Gasteiger partial charge in [0.2, 0.25) is 0 Å². The molecule has 7 heteroatoms. The number of hydrogen-bond donors (Lipinski definition) is 1. The Balaban J connectivity index is 2.01. The van der Waals surface area contributed by atoms with Crippen molar-refractivity contribution < 1.29 is 17.9 Å². The van der Waals surface area contributed by atoms with E-state index in [1.165, 1.54) is 11.4 Å². The molecule has 2 rings (SSSR count). The summed E-state index contributed by atoms with van der Waals surface area (Å²) in [6, 6.07) is 13.5. The van der Waals surface area contributed by atoms with E-state index < -0.39 is 10.0 Å². The molecule has 0 aromatic heterocycles. The first-order valence-electron chi connectivity index (χ1n) is 9.35. The minimum Gasteiger partial charge on any atom is -0.484 e. The van der Waals surface area contributed by atoms with E-state index in [0.29, 0.717) is 11.4 Å². The molecule has 152 valence electrons. The molecule has 0 saturated heterocycles. The van der Waals surface area contributed by atoms with Crippen LogP contribution < -0.4 is 14.4 Å². The number of nitrogens with zero attached hydrogens (tertiary/aromatic N) is 1. The molecule has 0 unspecified atom stereocenters. The lowest BCUT2D eigenvalue weighted by Crippen LogP contribution is -2.37. The second-order valence-electron chi connectivity index (χ2n) is 6.65. The zero-order valence-electron chi connectivity index (χ0n) is 16.8. The summed E-state index contributed by atoms with van der Waals surface area (Å²) in [5.41, 5.74) is 1.51. The van der Waals surface area contributed by atoms with E-state index in [-0.39, 0.29) is 23.5 Å². The lowest BCUT2D eigenvalue weighted by atomic mass is 10.2. The highest BCUT2D eigenvalue weighted by Crippen LogP contribution is 2.24. The van der Waals surface area contributed by atoms with Gasteiger partial charge in [0.05, 0.1) is 10.6 Å². The van der Waals surface area contributed by atoms with Crippen molar-refractivity contribution in [3.8, 4) is 5.75 Å². The molecule has 28 heavy (non-hydrogen) atoms. The fraction of sp³-hybridized carbons (Fsp3) is 0.381. The lowest BCUT2D eigenvalue weighted by molar-refractivity contribution is -0.123. The third kappa shape index (κ3) is 5.48. The molecule has 0 heterocycles. The van der Waals surface area contributed by atoms with Crippen LogP contribution in [-0.4, -0.2) is 34.0 Å². The maximum absolute atomic E-state index is 12.7. The van der Waals surface area contributed by atoms with Crippen LogP contribution >= 0.6 is 0 Å². The zero-order chi connectivity index (χ0) is 20.7. The number of sulfonamides is 1. The maximum atomic E-state index is 12.7. The van der Waals surface area contributed by atoms with E-state index in [9.17, 15) is 13.2 Å². The van der Waals surface area contributed by atoms with Crippen LogP contribution in [0.15, 0.2) is 53.4 Å². The summed E-state index contributed by atoms with van der Waals surface area (Å²) in [5, 5.41) is 2.91. The van der Waals surface area contributed by atoms with Crippen molar-refractivity contribution in [1.82, 2.24) is 5.32 Å². The molecule has 2 aromatic rings. The third-order valence-corrected chi connectivity index (χ3v) is 6.40. The van der Waals surface area contributed by atoms with Crippen molar-refractivity contribution >= 4 is 21.6 Å². The fourth-order valence-electron chi connectivity index (χ4n) is 2.67. The molecule has 0 aliphatic heterocycles. The van der Waals surface area contributed by atoms with Gasteiger partial charge in [0, 0.05) is 13.1 Å². The first kappa shape index (κ1) is 21.8. The van der Waals surface area contributed by atoms with Crippen LogP contribution in [0.4, 0.5) is 5.69 Å². The van der Waals surface area contributed by atoms with Gasteiger partial charge in [-0.2, -0.15) is 0 Å². The zero-order valence-corrected chi connectivity index (χ0v) is 17.6. The molecule has 0 aliphatic carbocycles. The number of nitrogens with one attached hydrogen (secondary N) is 1. The molecular weight excluding hydrogens is 376 g/mol. The number of anilines is 1. The highest BCUT2D eigenvalue weighted by molar-refractivity contribution is 7.92. The van der Waals surface area contributed by atoms with E-state index in [0.717, 1.165) is 18.4 Å². The molecule has 0 atom stereocenters. The Bertz CT molecular complexity index is 874. The van der Waals surface area contributed by atoms with Crippen LogP contribution in [0.1, 0.15) is 32.3 Å². The van der Waals surface area contributed by atoms with Crippen molar-refractivity contribution in [2.45, 2.75) is 44.6 Å². The standard InChI is InChI=1S/C21H28N2O4S/c1-5-17(6-2)22-21(24)15-27-19-11-9-18(10-12-19)23(4)28(25,26)20-13-7-16(3)8-14-20/h7-14,17H,5-6,15H2,1-4H3,(H,22,24). The Kier molecular flexibility index (Phi) is 7.45. The molecule has 0 fully saturated rings. The third-order valence-electron chi connectivity index (χ3n) is 4.60. The summed E-state index contributed by atoms with van der Waals surface area (Å²) in [6.07, 6.45) is 1.75. The van der Waals surface area contributed by atoms with Crippen LogP contribution in [0.3, 0.4) is 0 Å². The number of aryl methyl sites for hydroxylation is 1. The van der Waals surface area contributed by atoms with Gasteiger partial charge in [-0.05, 0) is 56.2 Å². The highest BCUT2D eigenvalue weighted by atomic mass is 32.2. The second-order valence-corrected chi connectivity index (χ2v) is 8.62. The lowest BCUT2D eigenvalue weighted by Gasteiger charge is -2.20. The van der Waals surface area contributed by atoms with Gasteiger partial charge >= 0.3 is 0 Å². The summed E-state index contributed by atoms with van der Waals surface area (Å²) in [4.78, 5) is 12.1. The number of hydrogen-bond acceptors (Lipinski definition) is 4. The molecule has 0 bridgehead atoms. The van der Waals surface area contributed by atoms with Crippen molar-refractivity contribution in [1.29, 1.82) is 0 Å². The van der Waals surface area contributed by atoms with Crippen LogP contribution in [0.25, 0.3) is 0 Å². The topological polar surface area (TPSA) is 75.7 Å². The molecule has 0 aliphatic rings. The van der Waals surface area contributed by atoms with Crippen molar-refractivity contribution in [2.75, 3.05) is 18.0 Å². The molecule has 0 saturated carbocycles. The first-order valence-corrected chi connectivity index (χ1v) is 10.8. The average molecular weight is 405 g/mol. The number of rotatable bonds is 9. The van der Waals surface area contributed by atoms with E-state index in [1.54, 1.807) is 48.5 Å². The summed E-state index contributed by atoms with van der Waals surface area (Å²) >= 11 is 0. The predicted octanol–water partition coefficient (Wildman–Crippen LogP) is 3.50. The maximum Gasteiger partial charge on any atom is 0.264 e. The average Bonchev–Trinajstić information content (AvgIpc) is 2.70. The van der Waals surface area contributed by atoms with Crippen molar-refractivity contribution in [2.24, 2.45) is 0 Å². The van der Waals surface area contributed by atoms with Gasteiger partial charge < -0.3 is 10.1 Å².